The first-order chi connectivity index (χ1) is 9.63. The molecule has 2 fully saturated rings. The van der Waals surface area contributed by atoms with Gasteiger partial charge in [-0.25, -0.2) is 0 Å². The first-order valence-corrected chi connectivity index (χ1v) is 7.47. The van der Waals surface area contributed by atoms with Crippen molar-refractivity contribution in [3.8, 4) is 0 Å². The Morgan fingerprint density at radius 1 is 1.15 bits per heavy atom. The number of carbonyl (C=O) groups is 2. The average Bonchev–Trinajstić information content (AvgIpc) is 2.88. The number of hydrogen-bond donors (Lipinski definition) is 3. The number of amides is 1. The van der Waals surface area contributed by atoms with Gasteiger partial charge in [0.05, 0.1) is 25.0 Å². The molecule has 1 aliphatic carbocycles. The van der Waals surface area contributed by atoms with Crippen molar-refractivity contribution in [2.24, 2.45) is 11.8 Å². The van der Waals surface area contributed by atoms with Gasteiger partial charge in [0.25, 0.3) is 0 Å². The molecular weight excluding hydrogens is 260 g/mol. The van der Waals surface area contributed by atoms with Crippen molar-refractivity contribution in [3.63, 3.8) is 0 Å². The topological polar surface area (TPSA) is 87.7 Å². The molecule has 2 rings (SSSR count). The number of rotatable bonds is 5. The van der Waals surface area contributed by atoms with Gasteiger partial charge in [-0.2, -0.15) is 0 Å². The fourth-order valence-corrected chi connectivity index (χ4v) is 3.17. The average molecular weight is 284 g/mol. The number of aliphatic carboxylic acids is 1. The van der Waals surface area contributed by atoms with Crippen LogP contribution in [0.5, 0.6) is 0 Å². The Hall–Kier alpha value is -1.14. The Balaban J connectivity index is 1.93. The van der Waals surface area contributed by atoms with Crippen LogP contribution < -0.4 is 10.6 Å². The number of nitrogens with one attached hydrogen (secondary N) is 2. The first-order valence-electron chi connectivity index (χ1n) is 7.47. The Labute approximate surface area is 119 Å². The maximum absolute atomic E-state index is 12.3. The zero-order valence-corrected chi connectivity index (χ0v) is 11.9. The Kier molecular flexibility index (Phi) is 5.37. The predicted octanol–water partition coefficient (Wildman–Crippen LogP) is 0.371. The first kappa shape index (κ1) is 15.3. The summed E-state index contributed by atoms with van der Waals surface area (Å²) in [5.41, 5.74) is 0. The lowest BCUT2D eigenvalue weighted by Crippen LogP contribution is -2.50. The van der Waals surface area contributed by atoms with Gasteiger partial charge >= 0.3 is 5.97 Å². The molecule has 1 heterocycles. The summed E-state index contributed by atoms with van der Waals surface area (Å²) in [6, 6.07) is -0.205. The standard InChI is InChI=1S/C14H24N2O4/c1-2-15-12-8-20-7-10(12)13(17)16-11-6-4-3-5-9(11)14(18)19/h9-12,15H,2-8H2,1H3,(H,16,17)(H,18,19). The van der Waals surface area contributed by atoms with E-state index in [-0.39, 0.29) is 23.9 Å². The van der Waals surface area contributed by atoms with Crippen LogP contribution in [0, 0.1) is 11.8 Å². The molecule has 4 unspecified atom stereocenters. The van der Waals surface area contributed by atoms with Crippen LogP contribution in [0.4, 0.5) is 0 Å². The fraction of sp³-hybridized carbons (Fsp3) is 0.857. The molecule has 6 heteroatoms. The second kappa shape index (κ2) is 7.04. The van der Waals surface area contributed by atoms with Crippen LogP contribution in [0.2, 0.25) is 0 Å². The maximum atomic E-state index is 12.3. The molecule has 114 valence electrons. The van der Waals surface area contributed by atoms with Crippen LogP contribution >= 0.6 is 0 Å². The van der Waals surface area contributed by atoms with E-state index in [9.17, 15) is 14.7 Å². The van der Waals surface area contributed by atoms with Gasteiger partial charge in [-0.1, -0.05) is 19.8 Å². The van der Waals surface area contributed by atoms with Crippen LogP contribution in [-0.2, 0) is 14.3 Å². The minimum Gasteiger partial charge on any atom is -0.481 e. The summed E-state index contributed by atoms with van der Waals surface area (Å²) in [5, 5.41) is 15.4. The van der Waals surface area contributed by atoms with E-state index < -0.39 is 11.9 Å². The molecular formula is C14H24N2O4. The number of likely N-dealkylation sites (N-methyl/N-ethyl adjacent to an activating group) is 1. The minimum absolute atomic E-state index is 0.0341. The summed E-state index contributed by atoms with van der Waals surface area (Å²) in [6.45, 7) is 3.74. The zero-order valence-electron chi connectivity index (χ0n) is 11.9. The number of ether oxygens (including phenoxy) is 1. The number of carboxylic acids is 1. The van der Waals surface area contributed by atoms with E-state index in [2.05, 4.69) is 10.6 Å². The van der Waals surface area contributed by atoms with Crippen LogP contribution in [-0.4, -0.2) is 48.8 Å². The van der Waals surface area contributed by atoms with Gasteiger partial charge < -0.3 is 20.5 Å². The normalized spacial score (nSPS) is 33.9. The molecule has 3 N–H and O–H groups in total. The largest absolute Gasteiger partial charge is 0.481 e. The highest BCUT2D eigenvalue weighted by Gasteiger charge is 2.37. The molecule has 0 radical (unpaired) electrons. The highest BCUT2D eigenvalue weighted by Crippen LogP contribution is 2.25. The second-order valence-electron chi connectivity index (χ2n) is 5.65. The van der Waals surface area contributed by atoms with Gasteiger partial charge in [-0.3, -0.25) is 9.59 Å². The van der Waals surface area contributed by atoms with Gasteiger partial charge in [0, 0.05) is 12.1 Å². The van der Waals surface area contributed by atoms with Crippen LogP contribution in [0.1, 0.15) is 32.6 Å². The van der Waals surface area contributed by atoms with Crippen LogP contribution in [0.25, 0.3) is 0 Å². The SMILES string of the molecule is CCNC1COCC1C(=O)NC1CCCCC1C(=O)O. The minimum atomic E-state index is -0.805. The molecule has 0 aromatic rings. The van der Waals surface area contributed by atoms with Crippen molar-refractivity contribution in [3.05, 3.63) is 0 Å². The summed E-state index contributed by atoms with van der Waals surface area (Å²) in [4.78, 5) is 23.6. The fourth-order valence-electron chi connectivity index (χ4n) is 3.17. The van der Waals surface area contributed by atoms with Crippen LogP contribution in [0.3, 0.4) is 0 Å². The summed E-state index contributed by atoms with van der Waals surface area (Å²) in [5.74, 6) is -1.55. The molecule has 20 heavy (non-hydrogen) atoms. The molecule has 1 amide bonds. The number of carboxylic acid groups (broad SMARTS) is 1. The van der Waals surface area contributed by atoms with Crippen LogP contribution in [0.15, 0.2) is 0 Å². The van der Waals surface area contributed by atoms with Gasteiger partial charge in [-0.05, 0) is 19.4 Å². The number of carbonyl (C=O) groups excluding carboxylic acids is 1. The molecule has 1 saturated heterocycles. The number of hydrogen-bond acceptors (Lipinski definition) is 4. The summed E-state index contributed by atoms with van der Waals surface area (Å²) in [7, 11) is 0. The van der Waals surface area contributed by atoms with E-state index in [1.807, 2.05) is 6.92 Å². The summed E-state index contributed by atoms with van der Waals surface area (Å²) in [6.07, 6.45) is 3.31. The molecule has 0 spiro atoms. The van der Waals surface area contributed by atoms with Crippen molar-refractivity contribution in [2.45, 2.75) is 44.7 Å². The van der Waals surface area contributed by atoms with E-state index in [4.69, 9.17) is 4.74 Å². The van der Waals surface area contributed by atoms with Gasteiger partial charge in [0.2, 0.25) is 5.91 Å². The third-order valence-electron chi connectivity index (χ3n) is 4.29. The molecule has 4 atom stereocenters. The van der Waals surface area contributed by atoms with Gasteiger partial charge in [0.15, 0.2) is 0 Å². The van der Waals surface area contributed by atoms with E-state index in [1.165, 1.54) is 0 Å². The summed E-state index contributed by atoms with van der Waals surface area (Å²) < 4.78 is 5.37. The van der Waals surface area contributed by atoms with E-state index in [0.29, 0.717) is 19.6 Å². The zero-order chi connectivity index (χ0) is 14.5. The van der Waals surface area contributed by atoms with Gasteiger partial charge in [0.1, 0.15) is 0 Å². The molecule has 0 aromatic heterocycles. The molecule has 2 aliphatic rings. The quantitative estimate of drug-likeness (QED) is 0.679. The predicted molar refractivity (Wildman–Crippen MR) is 73.3 cm³/mol. The Morgan fingerprint density at radius 3 is 2.60 bits per heavy atom. The van der Waals surface area contributed by atoms with Gasteiger partial charge in [-0.15, -0.1) is 0 Å². The van der Waals surface area contributed by atoms with Crippen molar-refractivity contribution in [1.82, 2.24) is 10.6 Å². The third kappa shape index (κ3) is 3.49. The third-order valence-corrected chi connectivity index (χ3v) is 4.29. The highest BCUT2D eigenvalue weighted by atomic mass is 16.5. The molecule has 6 nitrogen and oxygen atoms in total. The molecule has 1 aliphatic heterocycles. The second-order valence-corrected chi connectivity index (χ2v) is 5.65. The Morgan fingerprint density at radius 2 is 1.90 bits per heavy atom. The lowest BCUT2D eigenvalue weighted by molar-refractivity contribution is -0.144. The van der Waals surface area contributed by atoms with E-state index in [1.54, 1.807) is 0 Å². The Bertz CT molecular complexity index is 361. The monoisotopic (exact) mass is 284 g/mol. The lowest BCUT2D eigenvalue weighted by atomic mass is 9.84. The van der Waals surface area contributed by atoms with Crippen molar-refractivity contribution < 1.29 is 19.4 Å². The van der Waals surface area contributed by atoms with Crippen molar-refractivity contribution in [1.29, 1.82) is 0 Å². The van der Waals surface area contributed by atoms with E-state index in [0.717, 1.165) is 25.8 Å². The molecule has 1 saturated carbocycles. The lowest BCUT2D eigenvalue weighted by Gasteiger charge is -2.30. The van der Waals surface area contributed by atoms with Crippen molar-refractivity contribution >= 4 is 11.9 Å². The highest BCUT2D eigenvalue weighted by molar-refractivity contribution is 5.81. The van der Waals surface area contributed by atoms with E-state index >= 15 is 0 Å². The summed E-state index contributed by atoms with van der Waals surface area (Å²) >= 11 is 0. The van der Waals surface area contributed by atoms with Crippen molar-refractivity contribution in [2.75, 3.05) is 19.8 Å². The maximum Gasteiger partial charge on any atom is 0.308 e. The smallest absolute Gasteiger partial charge is 0.308 e. The molecule has 0 bridgehead atoms. The molecule has 0 aromatic carbocycles.